The Bertz CT molecular complexity index is 1430. The summed E-state index contributed by atoms with van der Waals surface area (Å²) in [5.74, 6) is -0.884. The number of pyridine rings is 1. The summed E-state index contributed by atoms with van der Waals surface area (Å²) in [7, 11) is 1.97. The molecule has 4 fully saturated rings. The summed E-state index contributed by atoms with van der Waals surface area (Å²) < 4.78 is 27.5. The van der Waals surface area contributed by atoms with Crippen molar-refractivity contribution in [3.05, 3.63) is 32.0 Å². The van der Waals surface area contributed by atoms with Crippen molar-refractivity contribution in [3.8, 4) is 11.9 Å². The number of amides is 1. The number of carbonyl (C=O) groups excluding carboxylic acids is 1. The minimum absolute atomic E-state index is 0.0465. The molecule has 1 aliphatic carbocycles. The Morgan fingerprint density at radius 3 is 2.80 bits per heavy atom. The van der Waals surface area contributed by atoms with E-state index >= 15 is 4.39 Å². The third kappa shape index (κ3) is 5.64. The first-order valence-corrected chi connectivity index (χ1v) is 14.6. The molecule has 4 heterocycles. The number of halogens is 2. The molecule has 0 spiro atoms. The fraction of sp³-hybridized carbons (Fsp3) is 0.607. The Hall–Kier alpha value is -3.24. The number of benzene rings is 1. The van der Waals surface area contributed by atoms with Crippen molar-refractivity contribution in [2.45, 2.75) is 76.6 Å². The number of hydrogen-bond donors (Lipinski definition) is 1. The number of hydrogen-bond acceptors (Lipinski definition) is 9. The monoisotopic (exact) mass is 632 g/mol. The fourth-order valence-electron chi connectivity index (χ4n) is 6.04. The van der Waals surface area contributed by atoms with Gasteiger partial charge in [-0.05, 0) is 87.6 Å². The van der Waals surface area contributed by atoms with Gasteiger partial charge in [-0.3, -0.25) is 10.1 Å². The Morgan fingerprint density at radius 2 is 2.17 bits per heavy atom. The van der Waals surface area contributed by atoms with E-state index in [1.165, 1.54) is 0 Å². The molecule has 3 saturated heterocycles. The second kappa shape index (κ2) is 11.2. The number of fused-ring (bicyclic) bond motifs is 2. The smallest absolute Gasteiger partial charge is 0.410 e. The molecule has 2 aromatic rings. The maximum atomic E-state index is 15.8. The van der Waals surface area contributed by atoms with Crippen LogP contribution in [0.5, 0.6) is 5.88 Å². The molecule has 4 unspecified atom stereocenters. The van der Waals surface area contributed by atoms with Crippen LogP contribution in [0.25, 0.3) is 10.9 Å². The quantitative estimate of drug-likeness (QED) is 0.300. The fourth-order valence-corrected chi connectivity index (χ4v) is 6.54. The predicted molar refractivity (Wildman–Crippen MR) is 153 cm³/mol. The summed E-state index contributed by atoms with van der Waals surface area (Å²) in [6, 6.07) is 3.24. The highest BCUT2D eigenvalue weighted by molar-refractivity contribution is 9.10. The van der Waals surface area contributed by atoms with Gasteiger partial charge in [-0.25, -0.2) is 14.2 Å². The number of aromatic nitrogens is 1. The molecule has 0 radical (unpaired) electrons. The Balaban J connectivity index is 1.56. The largest absolute Gasteiger partial charge is 0.471 e. The van der Waals surface area contributed by atoms with Crippen molar-refractivity contribution in [2.24, 2.45) is 5.92 Å². The van der Waals surface area contributed by atoms with Crippen LogP contribution >= 0.6 is 15.9 Å². The molecule has 41 heavy (non-hydrogen) atoms. The van der Waals surface area contributed by atoms with E-state index in [1.807, 2.05) is 7.05 Å². The third-order valence-electron chi connectivity index (χ3n) is 8.19. The summed E-state index contributed by atoms with van der Waals surface area (Å²) >= 11 is 3.30. The van der Waals surface area contributed by atoms with E-state index in [2.05, 4.69) is 37.2 Å². The summed E-state index contributed by atoms with van der Waals surface area (Å²) in [6.07, 6.45) is 2.59. The number of rotatable bonds is 8. The molecule has 1 amide bonds. The first-order chi connectivity index (χ1) is 19.4. The van der Waals surface area contributed by atoms with Gasteiger partial charge >= 0.3 is 11.8 Å². The van der Waals surface area contributed by atoms with Crippen LogP contribution in [0.15, 0.2) is 10.5 Å². The van der Waals surface area contributed by atoms with Crippen LogP contribution in [0, 0.1) is 33.2 Å². The highest BCUT2D eigenvalue weighted by Gasteiger charge is 2.55. The van der Waals surface area contributed by atoms with E-state index in [1.54, 1.807) is 31.7 Å². The van der Waals surface area contributed by atoms with Gasteiger partial charge in [-0.1, -0.05) is 0 Å². The highest BCUT2D eigenvalue weighted by Crippen LogP contribution is 2.48. The molecule has 1 aromatic carbocycles. The van der Waals surface area contributed by atoms with Gasteiger partial charge in [0.25, 0.3) is 5.88 Å². The molecule has 2 bridgehead atoms. The Labute approximate surface area is 246 Å². The average molecular weight is 634 g/mol. The van der Waals surface area contributed by atoms with E-state index in [-0.39, 0.29) is 76.1 Å². The normalized spacial score (nSPS) is 23.8. The van der Waals surface area contributed by atoms with Gasteiger partial charge in [0.1, 0.15) is 23.4 Å². The van der Waals surface area contributed by atoms with Gasteiger partial charge in [0.05, 0.1) is 27.5 Å². The van der Waals surface area contributed by atoms with Gasteiger partial charge < -0.3 is 24.6 Å². The van der Waals surface area contributed by atoms with E-state index < -0.39 is 22.4 Å². The SMILES string of the molecule is CN1CCCC1COc1nc2c(F)c(Br)c(CCC#N)cc2c(NC2C3CC2N(C(=O)OC(C)(C)C)C3)c1[N+](=O)[O-]. The maximum Gasteiger partial charge on any atom is 0.410 e. The molecule has 220 valence electrons. The van der Waals surface area contributed by atoms with Crippen LogP contribution in [0.2, 0.25) is 0 Å². The molecular formula is C28H34BrFN6O5. The van der Waals surface area contributed by atoms with Crippen molar-refractivity contribution in [2.75, 3.05) is 32.1 Å². The lowest BCUT2D eigenvalue weighted by atomic mass is 9.79. The zero-order valence-corrected chi connectivity index (χ0v) is 25.2. The van der Waals surface area contributed by atoms with E-state index in [0.717, 1.165) is 25.8 Å². The third-order valence-corrected chi connectivity index (χ3v) is 9.05. The van der Waals surface area contributed by atoms with Crippen LogP contribution in [-0.2, 0) is 11.2 Å². The molecule has 4 atom stereocenters. The van der Waals surface area contributed by atoms with Crippen molar-refractivity contribution in [1.29, 1.82) is 5.26 Å². The molecule has 3 aliphatic heterocycles. The standard InChI is InChI=1S/C28H34BrFN6O5/c1-28(2,3)41-27(37)35-13-16-12-19(35)22(16)32-24-18-11-15(7-5-9-31)20(29)21(30)23(18)33-26(25(24)36(38)39)40-14-17-8-6-10-34(17)4/h11,16-17,19,22H,5-8,10,12-14H2,1-4H3,(H,32,33). The van der Waals surface area contributed by atoms with Gasteiger partial charge in [-0.2, -0.15) is 5.26 Å². The van der Waals surface area contributed by atoms with Gasteiger partial charge in [0.15, 0.2) is 5.82 Å². The van der Waals surface area contributed by atoms with Crippen LogP contribution in [0.1, 0.15) is 52.0 Å². The van der Waals surface area contributed by atoms with E-state index in [0.29, 0.717) is 12.1 Å². The summed E-state index contributed by atoms with van der Waals surface area (Å²) in [5, 5.41) is 25.2. The second-order valence-electron chi connectivity index (χ2n) is 12.1. The minimum atomic E-state index is -0.678. The molecule has 1 N–H and O–H groups in total. The molecule has 6 rings (SSSR count). The predicted octanol–water partition coefficient (Wildman–Crippen LogP) is 5.39. The lowest BCUT2D eigenvalue weighted by molar-refractivity contribution is -0.385. The Kier molecular flexibility index (Phi) is 8.00. The lowest BCUT2D eigenvalue weighted by Crippen LogP contribution is -2.50. The van der Waals surface area contributed by atoms with Crippen LogP contribution in [0.3, 0.4) is 0 Å². The first kappa shape index (κ1) is 29.3. The number of nitriles is 1. The number of likely N-dealkylation sites (N-methyl/N-ethyl adjacent to an activating group) is 1. The molecule has 1 saturated carbocycles. The number of anilines is 1. The van der Waals surface area contributed by atoms with Crippen molar-refractivity contribution < 1.29 is 23.6 Å². The van der Waals surface area contributed by atoms with Crippen LogP contribution in [-0.4, -0.2) is 76.3 Å². The van der Waals surface area contributed by atoms with Crippen LogP contribution < -0.4 is 10.1 Å². The van der Waals surface area contributed by atoms with Crippen molar-refractivity contribution in [3.63, 3.8) is 0 Å². The maximum absolute atomic E-state index is 15.8. The molecule has 11 nitrogen and oxygen atoms in total. The zero-order chi connectivity index (χ0) is 29.6. The van der Waals surface area contributed by atoms with Gasteiger partial charge in [-0.15, -0.1) is 0 Å². The van der Waals surface area contributed by atoms with Crippen molar-refractivity contribution >= 4 is 44.3 Å². The van der Waals surface area contributed by atoms with Gasteiger partial charge in [0, 0.05) is 30.3 Å². The zero-order valence-electron chi connectivity index (χ0n) is 23.6. The summed E-state index contributed by atoms with van der Waals surface area (Å²) in [5.41, 5.74) is -0.497. The van der Waals surface area contributed by atoms with E-state index in [4.69, 9.17) is 14.7 Å². The minimum Gasteiger partial charge on any atom is -0.471 e. The Morgan fingerprint density at radius 1 is 1.41 bits per heavy atom. The number of nitrogens with one attached hydrogen (secondary N) is 1. The topological polar surface area (TPSA) is 134 Å². The lowest BCUT2D eigenvalue weighted by Gasteiger charge is -2.38. The number of nitrogens with zero attached hydrogens (tertiary/aromatic N) is 5. The second-order valence-corrected chi connectivity index (χ2v) is 12.9. The summed E-state index contributed by atoms with van der Waals surface area (Å²) in [6.45, 7) is 6.94. The molecule has 1 aromatic heterocycles. The first-order valence-electron chi connectivity index (χ1n) is 13.8. The highest BCUT2D eigenvalue weighted by atomic mass is 79.9. The molecule has 4 aliphatic rings. The molecule has 13 heteroatoms. The number of ether oxygens (including phenoxy) is 2. The van der Waals surface area contributed by atoms with Gasteiger partial charge in [0.2, 0.25) is 0 Å². The van der Waals surface area contributed by atoms with Crippen molar-refractivity contribution in [1.82, 2.24) is 14.8 Å². The average Bonchev–Trinajstić information content (AvgIpc) is 3.61. The number of aryl methyl sites for hydroxylation is 1. The number of likely N-dealkylation sites (tertiary alicyclic amines) is 1. The summed E-state index contributed by atoms with van der Waals surface area (Å²) in [4.78, 5) is 33.0. The molecular weight excluding hydrogens is 599 g/mol. The number of nitro groups is 1. The van der Waals surface area contributed by atoms with Crippen LogP contribution in [0.4, 0.5) is 20.6 Å². The van der Waals surface area contributed by atoms with E-state index in [9.17, 15) is 14.9 Å². The number of carbonyl (C=O) groups is 1.